The zero-order valence-corrected chi connectivity index (χ0v) is 17.1. The summed E-state index contributed by atoms with van der Waals surface area (Å²) in [6, 6.07) is 4.00. The maximum absolute atomic E-state index is 12.4. The third kappa shape index (κ3) is 5.20. The molecule has 1 aliphatic rings. The molecule has 0 bridgehead atoms. The van der Waals surface area contributed by atoms with Gasteiger partial charge in [0.05, 0.1) is 12.7 Å². The van der Waals surface area contributed by atoms with Crippen LogP contribution in [0.25, 0.3) is 0 Å². The molecule has 0 saturated carbocycles. The van der Waals surface area contributed by atoms with E-state index in [-0.39, 0.29) is 5.91 Å². The van der Waals surface area contributed by atoms with Gasteiger partial charge in [-0.2, -0.15) is 0 Å². The third-order valence-corrected chi connectivity index (χ3v) is 5.24. The zero-order chi connectivity index (χ0) is 19.9. The number of likely N-dealkylation sites (tertiary alicyclic amines) is 1. The third-order valence-electron chi connectivity index (χ3n) is 5.24. The van der Waals surface area contributed by atoms with E-state index in [0.29, 0.717) is 31.3 Å². The van der Waals surface area contributed by atoms with Crippen molar-refractivity contribution in [2.45, 2.75) is 46.4 Å². The van der Waals surface area contributed by atoms with Crippen molar-refractivity contribution in [1.29, 1.82) is 0 Å². The number of carbonyl (C=O) groups excluding carboxylic acids is 1. The second-order valence-corrected chi connectivity index (χ2v) is 7.35. The minimum Gasteiger partial charge on any atom is -0.462 e. The summed E-state index contributed by atoms with van der Waals surface area (Å²) < 4.78 is 12.7. The van der Waals surface area contributed by atoms with E-state index in [1.54, 1.807) is 18.2 Å². The van der Waals surface area contributed by atoms with Crippen molar-refractivity contribution in [2.75, 3.05) is 33.3 Å². The van der Waals surface area contributed by atoms with E-state index in [0.717, 1.165) is 50.5 Å². The first-order valence-corrected chi connectivity index (χ1v) is 10.1. The van der Waals surface area contributed by atoms with E-state index >= 15 is 0 Å². The summed E-state index contributed by atoms with van der Waals surface area (Å²) in [6.45, 7) is 9.45. The number of piperidine rings is 1. The molecular weight excluding hydrogens is 358 g/mol. The molecule has 0 spiro atoms. The number of ether oxygens (including phenoxy) is 1. The Hall–Kier alpha value is -2.19. The summed E-state index contributed by atoms with van der Waals surface area (Å²) in [4.78, 5) is 16.6. The van der Waals surface area contributed by atoms with E-state index in [1.807, 2.05) is 30.7 Å². The molecule has 1 atom stereocenters. The molecule has 0 N–H and O–H groups in total. The highest BCUT2D eigenvalue weighted by Crippen LogP contribution is 2.21. The molecule has 0 aromatic carbocycles. The van der Waals surface area contributed by atoms with Gasteiger partial charge in [0.1, 0.15) is 18.1 Å². The molecule has 1 amide bonds. The maximum Gasteiger partial charge on any atom is 0.276 e. The Bertz CT molecular complexity index is 753. The van der Waals surface area contributed by atoms with Crippen molar-refractivity contribution in [3.8, 4) is 0 Å². The van der Waals surface area contributed by atoms with Gasteiger partial charge in [-0.1, -0.05) is 5.21 Å². The number of hydrogen-bond donors (Lipinski definition) is 0. The van der Waals surface area contributed by atoms with Crippen molar-refractivity contribution in [3.05, 3.63) is 35.5 Å². The smallest absolute Gasteiger partial charge is 0.276 e. The van der Waals surface area contributed by atoms with E-state index in [4.69, 9.17) is 9.15 Å². The van der Waals surface area contributed by atoms with Crippen LogP contribution in [-0.2, 0) is 24.4 Å². The van der Waals surface area contributed by atoms with Crippen LogP contribution >= 0.6 is 0 Å². The van der Waals surface area contributed by atoms with Gasteiger partial charge in [0.25, 0.3) is 5.91 Å². The Morgan fingerprint density at radius 3 is 2.86 bits per heavy atom. The predicted octanol–water partition coefficient (Wildman–Crippen LogP) is 2.41. The van der Waals surface area contributed by atoms with Gasteiger partial charge in [0, 0.05) is 33.3 Å². The van der Waals surface area contributed by atoms with Crippen LogP contribution in [-0.4, -0.2) is 64.0 Å². The fourth-order valence-electron chi connectivity index (χ4n) is 3.81. The van der Waals surface area contributed by atoms with E-state index in [9.17, 15) is 4.79 Å². The predicted molar refractivity (Wildman–Crippen MR) is 105 cm³/mol. The van der Waals surface area contributed by atoms with Gasteiger partial charge in [-0.25, -0.2) is 0 Å². The number of hydrogen-bond acceptors (Lipinski definition) is 6. The Morgan fingerprint density at radius 1 is 1.32 bits per heavy atom. The van der Waals surface area contributed by atoms with Crippen LogP contribution in [0.15, 0.2) is 22.7 Å². The van der Waals surface area contributed by atoms with Gasteiger partial charge in [0.2, 0.25) is 0 Å². The SMILES string of the molecule is CCN(CC)C(=O)c1cn(C[C@@H]2CCCN(Cc3ccc(COC)o3)C2)nn1. The van der Waals surface area contributed by atoms with Gasteiger partial charge in [0.15, 0.2) is 5.69 Å². The second-order valence-electron chi connectivity index (χ2n) is 7.35. The number of aromatic nitrogens is 3. The molecule has 3 rings (SSSR count). The first kappa shape index (κ1) is 20.5. The van der Waals surface area contributed by atoms with Gasteiger partial charge < -0.3 is 14.1 Å². The fraction of sp³-hybridized carbons (Fsp3) is 0.650. The molecule has 0 unspecified atom stereocenters. The lowest BCUT2D eigenvalue weighted by molar-refractivity contribution is 0.0767. The lowest BCUT2D eigenvalue weighted by atomic mass is 9.98. The van der Waals surface area contributed by atoms with Crippen molar-refractivity contribution < 1.29 is 13.9 Å². The van der Waals surface area contributed by atoms with Crippen LogP contribution < -0.4 is 0 Å². The standard InChI is InChI=1S/C20H31N5O3/c1-4-24(5-2)20(26)19-14-25(22-21-19)12-16-7-6-10-23(11-16)13-17-8-9-18(28-17)15-27-3/h8-9,14,16H,4-7,10-13,15H2,1-3H3/t16-/m1/s1. The highest BCUT2D eigenvalue weighted by atomic mass is 16.5. The topological polar surface area (TPSA) is 76.6 Å². The minimum absolute atomic E-state index is 0.0498. The quantitative estimate of drug-likeness (QED) is 0.655. The van der Waals surface area contributed by atoms with Crippen LogP contribution in [0, 0.1) is 5.92 Å². The van der Waals surface area contributed by atoms with Crippen LogP contribution in [0.2, 0.25) is 0 Å². The summed E-state index contributed by atoms with van der Waals surface area (Å²) >= 11 is 0. The normalized spacial score (nSPS) is 17.8. The molecule has 0 aliphatic carbocycles. The van der Waals surface area contributed by atoms with Gasteiger partial charge in [-0.15, -0.1) is 5.10 Å². The lowest BCUT2D eigenvalue weighted by Gasteiger charge is -2.31. The van der Waals surface area contributed by atoms with E-state index in [2.05, 4.69) is 15.2 Å². The Morgan fingerprint density at radius 2 is 2.11 bits per heavy atom. The van der Waals surface area contributed by atoms with Crippen LogP contribution in [0.1, 0.15) is 48.7 Å². The number of methoxy groups -OCH3 is 1. The molecule has 8 nitrogen and oxygen atoms in total. The highest BCUT2D eigenvalue weighted by molar-refractivity contribution is 5.91. The Kier molecular flexibility index (Phi) is 7.22. The maximum atomic E-state index is 12.4. The molecule has 154 valence electrons. The second kappa shape index (κ2) is 9.84. The largest absolute Gasteiger partial charge is 0.462 e. The van der Waals surface area contributed by atoms with Gasteiger partial charge in [-0.3, -0.25) is 14.4 Å². The monoisotopic (exact) mass is 389 g/mol. The van der Waals surface area contributed by atoms with E-state index in [1.165, 1.54) is 0 Å². The number of rotatable bonds is 9. The highest BCUT2D eigenvalue weighted by Gasteiger charge is 2.23. The number of nitrogens with zero attached hydrogens (tertiary/aromatic N) is 5. The molecule has 8 heteroatoms. The van der Waals surface area contributed by atoms with Crippen LogP contribution in [0.4, 0.5) is 0 Å². The number of furan rings is 1. The van der Waals surface area contributed by atoms with E-state index < -0.39 is 0 Å². The molecule has 3 heterocycles. The Labute approximate surface area is 166 Å². The Balaban J connectivity index is 1.54. The van der Waals surface area contributed by atoms with Crippen molar-refractivity contribution in [2.24, 2.45) is 5.92 Å². The molecule has 1 saturated heterocycles. The van der Waals surface area contributed by atoms with Crippen molar-refractivity contribution >= 4 is 5.91 Å². The zero-order valence-electron chi connectivity index (χ0n) is 17.1. The molecule has 2 aromatic rings. The average molecular weight is 390 g/mol. The van der Waals surface area contributed by atoms with Crippen molar-refractivity contribution in [1.82, 2.24) is 24.8 Å². The summed E-state index contributed by atoms with van der Waals surface area (Å²) in [5, 5.41) is 8.27. The van der Waals surface area contributed by atoms with Crippen LogP contribution in [0.5, 0.6) is 0 Å². The average Bonchev–Trinajstić information content (AvgIpc) is 3.33. The summed E-state index contributed by atoms with van der Waals surface area (Å²) in [7, 11) is 1.67. The minimum atomic E-state index is -0.0498. The number of carbonyl (C=O) groups is 1. The fourth-order valence-corrected chi connectivity index (χ4v) is 3.81. The summed E-state index contributed by atoms with van der Waals surface area (Å²) in [5.41, 5.74) is 0.428. The molecule has 0 radical (unpaired) electrons. The van der Waals surface area contributed by atoms with Gasteiger partial charge >= 0.3 is 0 Å². The molecule has 28 heavy (non-hydrogen) atoms. The molecular formula is C20H31N5O3. The molecule has 1 fully saturated rings. The summed E-state index contributed by atoms with van der Waals surface area (Å²) in [6.07, 6.45) is 4.09. The van der Waals surface area contributed by atoms with Crippen molar-refractivity contribution in [3.63, 3.8) is 0 Å². The molecule has 1 aliphatic heterocycles. The first-order valence-electron chi connectivity index (χ1n) is 10.1. The lowest BCUT2D eigenvalue weighted by Crippen LogP contribution is -2.36. The van der Waals surface area contributed by atoms with Crippen LogP contribution in [0.3, 0.4) is 0 Å². The molecule has 2 aromatic heterocycles. The van der Waals surface area contributed by atoms with Gasteiger partial charge in [-0.05, 0) is 51.3 Å². The summed E-state index contributed by atoms with van der Waals surface area (Å²) in [5.74, 6) is 2.27. The number of amides is 1. The first-order chi connectivity index (χ1) is 13.6.